The van der Waals surface area contributed by atoms with Crippen molar-refractivity contribution in [3.8, 4) is 0 Å². The molecule has 0 aliphatic rings. The summed E-state index contributed by atoms with van der Waals surface area (Å²) in [6.07, 6.45) is 2.26. The van der Waals surface area contributed by atoms with Crippen molar-refractivity contribution in [2.45, 2.75) is 13.0 Å². The van der Waals surface area contributed by atoms with Crippen LogP contribution in [0.5, 0.6) is 0 Å². The molecular weight excluding hydrogens is 326 g/mol. The Balaban J connectivity index is 1.76. The second-order valence-corrected chi connectivity index (χ2v) is 6.47. The lowest BCUT2D eigenvalue weighted by Crippen LogP contribution is -2.18. The van der Waals surface area contributed by atoms with Crippen LogP contribution in [0.3, 0.4) is 0 Å². The summed E-state index contributed by atoms with van der Waals surface area (Å²) in [6, 6.07) is 29.3. The topological polar surface area (TPSA) is 12.0 Å². The highest BCUT2D eigenvalue weighted by Crippen LogP contribution is 2.23. The quantitative estimate of drug-likeness (QED) is 0.566. The average Bonchev–Trinajstić information content (AvgIpc) is 2.67. The van der Waals surface area contributed by atoms with E-state index in [9.17, 15) is 0 Å². The molecule has 3 rings (SSSR count). The minimum Gasteiger partial charge on any atom is -0.307 e. The van der Waals surface area contributed by atoms with Gasteiger partial charge >= 0.3 is 0 Å². The molecule has 1 N–H and O–H groups in total. The zero-order valence-corrected chi connectivity index (χ0v) is 15.1. The summed E-state index contributed by atoms with van der Waals surface area (Å²) in [5.41, 5.74) is 4.94. The van der Waals surface area contributed by atoms with Crippen LogP contribution in [0.2, 0.25) is 5.02 Å². The fourth-order valence-corrected chi connectivity index (χ4v) is 2.97. The third-order valence-corrected chi connectivity index (χ3v) is 4.52. The van der Waals surface area contributed by atoms with Gasteiger partial charge < -0.3 is 5.32 Å². The average molecular weight is 348 g/mol. The molecule has 0 aliphatic heterocycles. The fraction of sp³-hybridized carbons (Fsp3) is 0.130. The zero-order valence-electron chi connectivity index (χ0n) is 14.3. The lowest BCUT2D eigenvalue weighted by atomic mass is 9.97. The molecule has 0 heterocycles. The van der Waals surface area contributed by atoms with Crippen LogP contribution >= 0.6 is 11.6 Å². The van der Waals surface area contributed by atoms with E-state index >= 15 is 0 Å². The van der Waals surface area contributed by atoms with Gasteiger partial charge in [0.15, 0.2) is 0 Å². The highest BCUT2D eigenvalue weighted by Gasteiger charge is 2.06. The van der Waals surface area contributed by atoms with Gasteiger partial charge in [-0.25, -0.2) is 0 Å². The number of hydrogen-bond donors (Lipinski definition) is 1. The SMILES string of the molecule is C[C@@H](NCC=C(c1ccccc1)c1ccccc1)c1ccc(Cl)cc1. The molecule has 0 saturated heterocycles. The summed E-state index contributed by atoms with van der Waals surface area (Å²) in [5.74, 6) is 0. The maximum Gasteiger partial charge on any atom is 0.0406 e. The Morgan fingerprint density at radius 3 is 1.88 bits per heavy atom. The van der Waals surface area contributed by atoms with E-state index in [1.807, 2.05) is 24.3 Å². The molecule has 0 unspecified atom stereocenters. The molecule has 0 radical (unpaired) electrons. The van der Waals surface area contributed by atoms with Crippen molar-refractivity contribution >= 4 is 17.2 Å². The van der Waals surface area contributed by atoms with Crippen molar-refractivity contribution in [3.05, 3.63) is 113 Å². The second kappa shape index (κ2) is 8.66. The van der Waals surface area contributed by atoms with Crippen molar-refractivity contribution in [1.82, 2.24) is 5.32 Å². The number of benzene rings is 3. The molecule has 0 fully saturated rings. The first-order valence-corrected chi connectivity index (χ1v) is 8.91. The van der Waals surface area contributed by atoms with Gasteiger partial charge in [0, 0.05) is 17.6 Å². The van der Waals surface area contributed by atoms with Gasteiger partial charge in [-0.05, 0) is 41.3 Å². The van der Waals surface area contributed by atoms with Crippen LogP contribution < -0.4 is 5.32 Å². The Morgan fingerprint density at radius 1 is 0.840 bits per heavy atom. The number of halogens is 1. The lowest BCUT2D eigenvalue weighted by Gasteiger charge is -2.14. The number of nitrogens with one attached hydrogen (secondary N) is 1. The van der Waals surface area contributed by atoms with E-state index in [0.29, 0.717) is 0 Å². The fourth-order valence-electron chi connectivity index (χ4n) is 2.84. The highest BCUT2D eigenvalue weighted by atomic mass is 35.5. The lowest BCUT2D eigenvalue weighted by molar-refractivity contribution is 0.618. The van der Waals surface area contributed by atoms with Gasteiger partial charge in [0.1, 0.15) is 0 Å². The molecule has 0 amide bonds. The number of hydrogen-bond acceptors (Lipinski definition) is 1. The molecule has 126 valence electrons. The molecule has 1 nitrogen and oxygen atoms in total. The highest BCUT2D eigenvalue weighted by molar-refractivity contribution is 6.30. The normalized spacial score (nSPS) is 11.8. The molecule has 3 aromatic rings. The largest absolute Gasteiger partial charge is 0.307 e. The van der Waals surface area contributed by atoms with Crippen LogP contribution in [0.4, 0.5) is 0 Å². The van der Waals surface area contributed by atoms with Crippen molar-refractivity contribution in [2.75, 3.05) is 6.54 Å². The standard InChI is InChI=1S/C23H22ClN/c1-18(19-12-14-22(24)15-13-19)25-17-16-23(20-8-4-2-5-9-20)21-10-6-3-7-11-21/h2-16,18,25H,17H2,1H3/t18-/m1/s1. The first-order chi connectivity index (χ1) is 12.2. The van der Waals surface area contributed by atoms with Gasteiger partial charge in [-0.1, -0.05) is 90.5 Å². The van der Waals surface area contributed by atoms with E-state index in [0.717, 1.165) is 11.6 Å². The monoisotopic (exact) mass is 347 g/mol. The van der Waals surface area contributed by atoms with E-state index in [1.54, 1.807) is 0 Å². The predicted octanol–water partition coefficient (Wildman–Crippen LogP) is 6.12. The van der Waals surface area contributed by atoms with Gasteiger partial charge in [-0.3, -0.25) is 0 Å². The third-order valence-electron chi connectivity index (χ3n) is 4.27. The van der Waals surface area contributed by atoms with Gasteiger partial charge in [-0.15, -0.1) is 0 Å². The van der Waals surface area contributed by atoms with Gasteiger partial charge in [0.05, 0.1) is 0 Å². The van der Waals surface area contributed by atoms with Crippen LogP contribution in [0.15, 0.2) is 91.0 Å². The minimum absolute atomic E-state index is 0.265. The molecule has 3 aromatic carbocycles. The van der Waals surface area contributed by atoms with Crippen LogP contribution in [0, 0.1) is 0 Å². The second-order valence-electron chi connectivity index (χ2n) is 6.03. The molecule has 0 aliphatic carbocycles. The molecule has 0 spiro atoms. The third kappa shape index (κ3) is 4.82. The molecule has 0 bridgehead atoms. The molecule has 2 heteroatoms. The Hall–Kier alpha value is -2.35. The van der Waals surface area contributed by atoms with E-state index in [2.05, 4.69) is 79.0 Å². The summed E-state index contributed by atoms with van der Waals surface area (Å²) in [4.78, 5) is 0. The summed E-state index contributed by atoms with van der Waals surface area (Å²) in [6.45, 7) is 2.96. The van der Waals surface area contributed by atoms with Crippen LogP contribution in [0.1, 0.15) is 29.7 Å². The summed E-state index contributed by atoms with van der Waals surface area (Å²) >= 11 is 5.97. The van der Waals surface area contributed by atoms with E-state index in [-0.39, 0.29) is 6.04 Å². The smallest absolute Gasteiger partial charge is 0.0406 e. The maximum atomic E-state index is 5.97. The molecule has 1 atom stereocenters. The van der Waals surface area contributed by atoms with E-state index < -0.39 is 0 Å². The molecule has 25 heavy (non-hydrogen) atoms. The van der Waals surface area contributed by atoms with Gasteiger partial charge in [-0.2, -0.15) is 0 Å². The van der Waals surface area contributed by atoms with Gasteiger partial charge in [0.25, 0.3) is 0 Å². The Morgan fingerprint density at radius 2 is 1.36 bits per heavy atom. The van der Waals surface area contributed by atoms with Crippen LogP contribution in [0.25, 0.3) is 5.57 Å². The van der Waals surface area contributed by atoms with E-state index in [4.69, 9.17) is 11.6 Å². The summed E-state index contributed by atoms with van der Waals surface area (Å²) in [7, 11) is 0. The Labute approximate surface area is 155 Å². The van der Waals surface area contributed by atoms with Crippen LogP contribution in [-0.4, -0.2) is 6.54 Å². The maximum absolute atomic E-state index is 5.97. The Kier molecular flexibility index (Phi) is 6.05. The zero-order chi connectivity index (χ0) is 17.5. The Bertz CT molecular complexity index is 766. The van der Waals surface area contributed by atoms with Crippen molar-refractivity contribution in [2.24, 2.45) is 0 Å². The predicted molar refractivity (Wildman–Crippen MR) is 108 cm³/mol. The van der Waals surface area contributed by atoms with Gasteiger partial charge in [0.2, 0.25) is 0 Å². The van der Waals surface area contributed by atoms with E-state index in [1.165, 1.54) is 22.3 Å². The number of rotatable bonds is 6. The molecule has 0 saturated carbocycles. The molecule has 0 aromatic heterocycles. The van der Waals surface area contributed by atoms with Crippen molar-refractivity contribution in [1.29, 1.82) is 0 Å². The summed E-state index contributed by atoms with van der Waals surface area (Å²) < 4.78 is 0. The van der Waals surface area contributed by atoms with Crippen molar-refractivity contribution in [3.63, 3.8) is 0 Å². The van der Waals surface area contributed by atoms with Crippen molar-refractivity contribution < 1.29 is 0 Å². The first kappa shape index (κ1) is 17.5. The first-order valence-electron chi connectivity index (χ1n) is 8.54. The van der Waals surface area contributed by atoms with Crippen LogP contribution in [-0.2, 0) is 0 Å². The summed E-state index contributed by atoms with van der Waals surface area (Å²) in [5, 5.41) is 4.34. The minimum atomic E-state index is 0.265. The molecular formula is C23H22ClN.